The lowest BCUT2D eigenvalue weighted by Gasteiger charge is -2.05. The van der Waals surface area contributed by atoms with Crippen molar-refractivity contribution in [3.63, 3.8) is 0 Å². The van der Waals surface area contributed by atoms with Gasteiger partial charge in [0.15, 0.2) is 0 Å². The zero-order chi connectivity index (χ0) is 20.9. The van der Waals surface area contributed by atoms with E-state index in [1.54, 1.807) is 0 Å². The molecule has 0 fully saturated rings. The Balaban J connectivity index is 0.00000190. The highest BCUT2D eigenvalue weighted by atomic mass is 15.1. The lowest BCUT2D eigenvalue weighted by Crippen LogP contribution is -1.97. The van der Waals surface area contributed by atoms with E-state index in [1.807, 2.05) is 90.4 Å². The molecule has 0 aliphatic heterocycles. The van der Waals surface area contributed by atoms with Crippen LogP contribution in [0.2, 0.25) is 0 Å². The summed E-state index contributed by atoms with van der Waals surface area (Å²) in [4.78, 5) is 9.37. The van der Waals surface area contributed by atoms with E-state index in [0.29, 0.717) is 0 Å². The second-order valence-corrected chi connectivity index (χ2v) is 6.06. The summed E-state index contributed by atoms with van der Waals surface area (Å²) in [5, 5.41) is 0. The molecular weight excluding hydrogens is 342 g/mol. The van der Waals surface area contributed by atoms with Crippen molar-refractivity contribution in [2.45, 2.75) is 41.5 Å². The Kier molecular flexibility index (Phi) is 10.3. The van der Waals surface area contributed by atoms with E-state index in [0.717, 1.165) is 28.1 Å². The molecule has 148 valence electrons. The Morgan fingerprint density at radius 3 is 2.32 bits per heavy atom. The van der Waals surface area contributed by atoms with E-state index in [9.17, 15) is 0 Å². The molecule has 0 radical (unpaired) electrons. The summed E-state index contributed by atoms with van der Waals surface area (Å²) < 4.78 is 2.11. The first kappa shape index (κ1) is 23.1. The molecule has 1 aromatic heterocycles. The smallest absolute Gasteiger partial charge is 0.142 e. The summed E-state index contributed by atoms with van der Waals surface area (Å²) in [7, 11) is 2.04. The van der Waals surface area contributed by atoms with Crippen molar-refractivity contribution < 1.29 is 0 Å². The standard InChI is InChI=1S/C23H27N3.C2H6/c1-6-12-18(3)14-10-11-17-24-19(4)20(13-7-2)23-25-21-15-8-9-16-22(21)26(23)5;1-2/h6-17H,1-5H3;1-2H3/b11-10+,12-6-,13-7-,18-14-,20-19-,24-17+;. The average molecular weight is 376 g/mol. The third-order valence-electron chi connectivity index (χ3n) is 4.01. The van der Waals surface area contributed by atoms with Gasteiger partial charge in [-0.3, -0.25) is 4.99 Å². The van der Waals surface area contributed by atoms with Crippen LogP contribution in [0.5, 0.6) is 0 Å². The largest absolute Gasteiger partial charge is 0.327 e. The average Bonchev–Trinajstić information content (AvgIpc) is 3.04. The maximum absolute atomic E-state index is 4.79. The lowest BCUT2D eigenvalue weighted by atomic mass is 10.2. The maximum Gasteiger partial charge on any atom is 0.142 e. The van der Waals surface area contributed by atoms with Gasteiger partial charge in [-0.2, -0.15) is 0 Å². The topological polar surface area (TPSA) is 30.2 Å². The SMILES string of the molecule is CC.C\C=C/C(C)=C\C=C\C=N\C(C)=C(\C=C/C)c1nc2ccccc2n1C. The Labute approximate surface area is 170 Å². The van der Waals surface area contributed by atoms with Crippen LogP contribution in [-0.2, 0) is 7.05 Å². The summed E-state index contributed by atoms with van der Waals surface area (Å²) in [5.41, 5.74) is 5.27. The number of benzene rings is 1. The predicted molar refractivity (Wildman–Crippen MR) is 126 cm³/mol. The van der Waals surface area contributed by atoms with Crippen LogP contribution in [0.1, 0.15) is 47.4 Å². The molecule has 28 heavy (non-hydrogen) atoms. The summed E-state index contributed by atoms with van der Waals surface area (Å²) in [6.07, 6.45) is 16.0. The van der Waals surface area contributed by atoms with Crippen LogP contribution in [0, 0.1) is 0 Å². The summed E-state index contributed by atoms with van der Waals surface area (Å²) in [6, 6.07) is 8.16. The second-order valence-electron chi connectivity index (χ2n) is 6.06. The van der Waals surface area contributed by atoms with E-state index in [-0.39, 0.29) is 0 Å². The number of para-hydroxylation sites is 2. The van der Waals surface area contributed by atoms with E-state index in [1.165, 1.54) is 5.57 Å². The number of allylic oxidation sites excluding steroid dienone is 10. The minimum Gasteiger partial charge on any atom is -0.327 e. The Morgan fingerprint density at radius 1 is 1.00 bits per heavy atom. The molecule has 0 aliphatic carbocycles. The van der Waals surface area contributed by atoms with Crippen molar-refractivity contribution in [1.82, 2.24) is 9.55 Å². The van der Waals surface area contributed by atoms with Crippen LogP contribution >= 0.6 is 0 Å². The molecule has 0 amide bonds. The number of aliphatic imine (C=N–C) groups is 1. The highest BCUT2D eigenvalue weighted by Gasteiger charge is 2.11. The van der Waals surface area contributed by atoms with Gasteiger partial charge >= 0.3 is 0 Å². The molecule has 0 unspecified atom stereocenters. The van der Waals surface area contributed by atoms with Gasteiger partial charge in [0.2, 0.25) is 0 Å². The van der Waals surface area contributed by atoms with E-state index in [4.69, 9.17) is 4.98 Å². The predicted octanol–water partition coefficient (Wildman–Crippen LogP) is 7.06. The number of nitrogens with zero attached hydrogens (tertiary/aromatic N) is 3. The van der Waals surface area contributed by atoms with Crippen molar-refractivity contribution >= 4 is 22.8 Å². The van der Waals surface area contributed by atoms with Gasteiger partial charge in [0.05, 0.1) is 11.0 Å². The van der Waals surface area contributed by atoms with Crippen molar-refractivity contribution in [2.24, 2.45) is 12.0 Å². The first-order valence-corrected chi connectivity index (χ1v) is 9.84. The van der Waals surface area contributed by atoms with Gasteiger partial charge < -0.3 is 4.57 Å². The third-order valence-corrected chi connectivity index (χ3v) is 4.01. The van der Waals surface area contributed by atoms with Gasteiger partial charge in [-0.15, -0.1) is 0 Å². The maximum atomic E-state index is 4.79. The van der Waals surface area contributed by atoms with Crippen LogP contribution in [0.25, 0.3) is 16.6 Å². The van der Waals surface area contributed by atoms with Crippen molar-refractivity contribution in [1.29, 1.82) is 0 Å². The van der Waals surface area contributed by atoms with Gasteiger partial charge in [0, 0.05) is 24.5 Å². The number of hydrogen-bond acceptors (Lipinski definition) is 2. The first-order valence-electron chi connectivity index (χ1n) is 9.84. The van der Waals surface area contributed by atoms with E-state index >= 15 is 0 Å². The summed E-state index contributed by atoms with van der Waals surface area (Å²) in [6.45, 7) is 12.1. The number of fused-ring (bicyclic) bond motifs is 1. The highest BCUT2D eigenvalue weighted by molar-refractivity contribution is 5.84. The number of rotatable bonds is 6. The Morgan fingerprint density at radius 2 is 1.68 bits per heavy atom. The van der Waals surface area contributed by atoms with Crippen LogP contribution in [-0.4, -0.2) is 15.8 Å². The molecule has 0 aliphatic rings. The van der Waals surface area contributed by atoms with Gasteiger partial charge in [0.25, 0.3) is 0 Å². The third kappa shape index (κ3) is 6.34. The molecule has 0 saturated heterocycles. The summed E-state index contributed by atoms with van der Waals surface area (Å²) >= 11 is 0. The minimum absolute atomic E-state index is 0.923. The van der Waals surface area contributed by atoms with Crippen LogP contribution in [0.3, 0.4) is 0 Å². The first-order chi connectivity index (χ1) is 13.6. The number of aryl methyl sites for hydroxylation is 1. The van der Waals surface area contributed by atoms with E-state index < -0.39 is 0 Å². The summed E-state index contributed by atoms with van der Waals surface area (Å²) in [5.74, 6) is 0.923. The molecule has 0 N–H and O–H groups in total. The molecule has 0 bridgehead atoms. The quantitative estimate of drug-likeness (QED) is 0.393. The van der Waals surface area contributed by atoms with Crippen molar-refractivity contribution in [2.75, 3.05) is 0 Å². The fourth-order valence-corrected chi connectivity index (χ4v) is 2.71. The van der Waals surface area contributed by atoms with Gasteiger partial charge in [-0.1, -0.05) is 68.0 Å². The van der Waals surface area contributed by atoms with Gasteiger partial charge in [-0.05, 0) is 45.9 Å². The fraction of sp³-hybridized carbons (Fsp3) is 0.280. The zero-order valence-corrected chi connectivity index (χ0v) is 18.3. The van der Waals surface area contributed by atoms with Crippen LogP contribution in [0.4, 0.5) is 0 Å². The monoisotopic (exact) mass is 375 g/mol. The minimum atomic E-state index is 0.923. The zero-order valence-electron chi connectivity index (χ0n) is 18.3. The molecule has 2 aromatic rings. The van der Waals surface area contributed by atoms with Gasteiger partial charge in [0.1, 0.15) is 5.82 Å². The van der Waals surface area contributed by atoms with Crippen LogP contribution < -0.4 is 0 Å². The van der Waals surface area contributed by atoms with Crippen molar-refractivity contribution in [3.05, 3.63) is 83.9 Å². The van der Waals surface area contributed by atoms with Crippen molar-refractivity contribution in [3.8, 4) is 0 Å². The Bertz CT molecular complexity index is 932. The highest BCUT2D eigenvalue weighted by Crippen LogP contribution is 2.24. The van der Waals surface area contributed by atoms with E-state index in [2.05, 4.69) is 40.8 Å². The number of imidazole rings is 1. The van der Waals surface area contributed by atoms with Crippen LogP contribution in [0.15, 0.2) is 83.1 Å². The molecule has 0 spiro atoms. The molecule has 0 saturated carbocycles. The molecule has 3 heteroatoms. The normalized spacial score (nSPS) is 13.8. The molecule has 1 heterocycles. The number of aromatic nitrogens is 2. The molecule has 1 aromatic carbocycles. The van der Waals surface area contributed by atoms with Gasteiger partial charge in [-0.25, -0.2) is 4.98 Å². The molecule has 0 atom stereocenters. The Hall–Kier alpha value is -2.94. The molecule has 3 nitrogen and oxygen atoms in total. The second kappa shape index (κ2) is 12.4. The fourth-order valence-electron chi connectivity index (χ4n) is 2.71. The lowest BCUT2D eigenvalue weighted by molar-refractivity contribution is 0.921. The molecular formula is C25H33N3. The molecule has 2 rings (SSSR count). The number of hydrogen-bond donors (Lipinski definition) is 0.